The smallest absolute Gasteiger partial charge is 0.250 e. The first kappa shape index (κ1) is 24.3. The van der Waals surface area contributed by atoms with Gasteiger partial charge in [0.25, 0.3) is 5.91 Å². The van der Waals surface area contributed by atoms with Crippen molar-refractivity contribution in [2.45, 2.75) is 6.54 Å². The van der Waals surface area contributed by atoms with E-state index in [1.807, 2.05) is 66.7 Å². The van der Waals surface area contributed by atoms with Gasteiger partial charge in [0.15, 0.2) is 0 Å². The number of nitrogen functional groups attached to an aromatic ring is 1. The number of anilines is 3. The van der Waals surface area contributed by atoms with Crippen molar-refractivity contribution in [3.63, 3.8) is 0 Å². The Morgan fingerprint density at radius 2 is 1.66 bits per heavy atom. The molecule has 7 N–H and O–H groups in total. The molecule has 8 heteroatoms. The number of aromatic nitrogens is 2. The lowest BCUT2D eigenvalue weighted by molar-refractivity contribution is -0.111. The standard InChI is InChI=1S/C30H26N6O2/c31-24-5-1-2-6-25(24)34-27(37)17-12-19-8-10-20(11-9-19)18-33-22-15-13-21(14-16-22)30-35-26-7-3-4-23(29(32)38)28(26)36-30/h1-17,33H,18,31H2,(H2,32,38)(H,34,37)(H,35,36)/b17-12+. The first-order valence-corrected chi connectivity index (χ1v) is 12.0. The van der Waals surface area contributed by atoms with E-state index in [-0.39, 0.29) is 5.91 Å². The van der Waals surface area contributed by atoms with Gasteiger partial charge in [-0.1, -0.05) is 42.5 Å². The van der Waals surface area contributed by atoms with Gasteiger partial charge in [-0.3, -0.25) is 9.59 Å². The fourth-order valence-electron chi connectivity index (χ4n) is 4.02. The molecule has 1 aromatic heterocycles. The summed E-state index contributed by atoms with van der Waals surface area (Å²) in [7, 11) is 0. The van der Waals surface area contributed by atoms with Gasteiger partial charge in [-0.15, -0.1) is 0 Å². The number of para-hydroxylation sites is 3. The normalized spacial score (nSPS) is 11.1. The minimum atomic E-state index is -0.503. The van der Waals surface area contributed by atoms with Crippen LogP contribution in [-0.2, 0) is 11.3 Å². The van der Waals surface area contributed by atoms with E-state index in [1.54, 1.807) is 30.3 Å². The number of aromatic amines is 1. The fourth-order valence-corrected chi connectivity index (χ4v) is 4.02. The molecule has 188 valence electrons. The molecule has 0 fully saturated rings. The second kappa shape index (κ2) is 10.7. The quantitative estimate of drug-likeness (QED) is 0.147. The van der Waals surface area contributed by atoms with Crippen LogP contribution in [0.15, 0.2) is 97.1 Å². The molecular weight excluding hydrogens is 476 g/mol. The number of benzene rings is 4. The number of nitrogens with one attached hydrogen (secondary N) is 3. The molecular formula is C30H26N6O2. The van der Waals surface area contributed by atoms with Gasteiger partial charge in [0.1, 0.15) is 11.3 Å². The monoisotopic (exact) mass is 502 g/mol. The number of nitrogens with two attached hydrogens (primary N) is 2. The van der Waals surface area contributed by atoms with Crippen molar-refractivity contribution in [3.05, 3.63) is 114 Å². The number of imidazole rings is 1. The molecule has 0 saturated heterocycles. The van der Waals surface area contributed by atoms with Crippen molar-refractivity contribution in [2.24, 2.45) is 5.73 Å². The molecule has 2 amide bonds. The zero-order valence-electron chi connectivity index (χ0n) is 20.4. The Balaban J connectivity index is 1.17. The van der Waals surface area contributed by atoms with Crippen molar-refractivity contribution in [1.29, 1.82) is 0 Å². The average Bonchev–Trinajstić information content (AvgIpc) is 3.37. The number of carbonyl (C=O) groups excluding carboxylic acids is 2. The Labute approximate surface area is 219 Å². The van der Waals surface area contributed by atoms with Gasteiger partial charge in [0.05, 0.1) is 22.5 Å². The molecule has 5 rings (SSSR count). The molecule has 0 radical (unpaired) electrons. The summed E-state index contributed by atoms with van der Waals surface area (Å²) in [6, 6.07) is 28.3. The largest absolute Gasteiger partial charge is 0.397 e. The number of primary amides is 1. The summed E-state index contributed by atoms with van der Waals surface area (Å²) in [4.78, 5) is 31.7. The highest BCUT2D eigenvalue weighted by Gasteiger charge is 2.12. The minimum Gasteiger partial charge on any atom is -0.397 e. The SMILES string of the molecule is NC(=O)c1cccc2[nH]c(-c3ccc(NCc4ccc(/C=C/C(=O)Nc5ccccc5N)cc4)cc3)nc12. The van der Waals surface area contributed by atoms with Gasteiger partial charge < -0.3 is 27.1 Å². The van der Waals surface area contributed by atoms with Crippen LogP contribution >= 0.6 is 0 Å². The van der Waals surface area contributed by atoms with E-state index in [2.05, 4.69) is 20.6 Å². The summed E-state index contributed by atoms with van der Waals surface area (Å²) in [5.74, 6) is -0.0747. The number of hydrogen-bond acceptors (Lipinski definition) is 5. The number of rotatable bonds is 8. The van der Waals surface area contributed by atoms with Gasteiger partial charge in [-0.2, -0.15) is 0 Å². The molecule has 0 saturated carbocycles. The summed E-state index contributed by atoms with van der Waals surface area (Å²) in [6.45, 7) is 0.643. The maximum absolute atomic E-state index is 12.2. The Kier molecular flexibility index (Phi) is 6.86. The molecule has 0 unspecified atom stereocenters. The van der Waals surface area contributed by atoms with Gasteiger partial charge in [0.2, 0.25) is 5.91 Å². The van der Waals surface area contributed by atoms with Crippen LogP contribution in [-0.4, -0.2) is 21.8 Å². The van der Waals surface area contributed by atoms with Crippen molar-refractivity contribution < 1.29 is 9.59 Å². The van der Waals surface area contributed by atoms with Crippen molar-refractivity contribution >= 4 is 46.0 Å². The number of H-pyrrole nitrogens is 1. The van der Waals surface area contributed by atoms with Crippen LogP contribution in [0.2, 0.25) is 0 Å². The Morgan fingerprint density at radius 1 is 0.895 bits per heavy atom. The molecule has 0 atom stereocenters. The third-order valence-corrected chi connectivity index (χ3v) is 6.06. The molecule has 38 heavy (non-hydrogen) atoms. The molecule has 1 heterocycles. The second-order valence-corrected chi connectivity index (χ2v) is 8.73. The summed E-state index contributed by atoms with van der Waals surface area (Å²) < 4.78 is 0. The molecule has 0 spiro atoms. The molecule has 4 aromatic carbocycles. The highest BCUT2D eigenvalue weighted by Crippen LogP contribution is 2.24. The van der Waals surface area contributed by atoms with Crippen LogP contribution < -0.4 is 22.1 Å². The van der Waals surface area contributed by atoms with E-state index in [1.165, 1.54) is 6.08 Å². The lowest BCUT2D eigenvalue weighted by Gasteiger charge is -2.08. The third kappa shape index (κ3) is 5.55. The predicted molar refractivity (Wildman–Crippen MR) is 152 cm³/mol. The number of hydrogen-bond donors (Lipinski definition) is 5. The van der Waals surface area contributed by atoms with Crippen LogP contribution in [0.5, 0.6) is 0 Å². The first-order valence-electron chi connectivity index (χ1n) is 12.0. The summed E-state index contributed by atoms with van der Waals surface area (Å²) in [5.41, 5.74) is 18.0. The number of nitrogens with zero attached hydrogens (tertiary/aromatic N) is 1. The van der Waals surface area contributed by atoms with E-state index in [0.717, 1.165) is 27.9 Å². The van der Waals surface area contributed by atoms with E-state index in [4.69, 9.17) is 11.5 Å². The molecule has 0 aliphatic heterocycles. The third-order valence-electron chi connectivity index (χ3n) is 6.06. The maximum atomic E-state index is 12.2. The molecule has 8 nitrogen and oxygen atoms in total. The van der Waals surface area contributed by atoms with Crippen LogP contribution in [0, 0.1) is 0 Å². The van der Waals surface area contributed by atoms with Crippen molar-refractivity contribution in [2.75, 3.05) is 16.4 Å². The second-order valence-electron chi connectivity index (χ2n) is 8.73. The topological polar surface area (TPSA) is 139 Å². The summed E-state index contributed by atoms with van der Waals surface area (Å²) in [5, 5.41) is 6.18. The van der Waals surface area contributed by atoms with Crippen LogP contribution in [0.25, 0.3) is 28.5 Å². The highest BCUT2D eigenvalue weighted by atomic mass is 16.1. The zero-order chi connectivity index (χ0) is 26.5. The summed E-state index contributed by atoms with van der Waals surface area (Å²) >= 11 is 0. The van der Waals surface area contributed by atoms with Crippen LogP contribution in [0.1, 0.15) is 21.5 Å². The molecule has 0 aliphatic rings. The molecule has 0 bridgehead atoms. The van der Waals surface area contributed by atoms with Crippen molar-refractivity contribution in [3.8, 4) is 11.4 Å². The number of carbonyl (C=O) groups is 2. The zero-order valence-corrected chi connectivity index (χ0v) is 20.4. The highest BCUT2D eigenvalue weighted by molar-refractivity contribution is 6.05. The molecule has 5 aromatic rings. The van der Waals surface area contributed by atoms with Crippen molar-refractivity contribution in [1.82, 2.24) is 9.97 Å². The van der Waals surface area contributed by atoms with E-state index < -0.39 is 5.91 Å². The van der Waals surface area contributed by atoms with E-state index >= 15 is 0 Å². The number of fused-ring (bicyclic) bond motifs is 1. The lowest BCUT2D eigenvalue weighted by Crippen LogP contribution is -2.11. The fraction of sp³-hybridized carbons (Fsp3) is 0.0333. The van der Waals surface area contributed by atoms with Gasteiger partial charge in [-0.05, 0) is 65.7 Å². The Hall–Kier alpha value is -5.37. The number of amides is 2. The average molecular weight is 503 g/mol. The Morgan fingerprint density at radius 3 is 2.39 bits per heavy atom. The van der Waals surface area contributed by atoms with Gasteiger partial charge in [0, 0.05) is 23.9 Å². The predicted octanol–water partition coefficient (Wildman–Crippen LogP) is 5.18. The lowest BCUT2D eigenvalue weighted by atomic mass is 10.1. The van der Waals surface area contributed by atoms with Gasteiger partial charge >= 0.3 is 0 Å². The minimum absolute atomic E-state index is 0.243. The van der Waals surface area contributed by atoms with E-state index in [9.17, 15) is 9.59 Å². The van der Waals surface area contributed by atoms with E-state index in [0.29, 0.717) is 34.8 Å². The summed E-state index contributed by atoms with van der Waals surface area (Å²) in [6.07, 6.45) is 3.24. The first-order chi connectivity index (χ1) is 18.5. The van der Waals surface area contributed by atoms with Crippen LogP contribution in [0.3, 0.4) is 0 Å². The van der Waals surface area contributed by atoms with Gasteiger partial charge in [-0.25, -0.2) is 4.98 Å². The Bertz CT molecular complexity index is 1640. The maximum Gasteiger partial charge on any atom is 0.250 e. The molecule has 0 aliphatic carbocycles. The van der Waals surface area contributed by atoms with Crippen LogP contribution in [0.4, 0.5) is 17.1 Å².